The largest absolute Gasteiger partial charge is 0.507 e. The average molecular weight is 389 g/mol. The molecular weight excluding hydrogens is 366 g/mol. The standard InChI is InChI=1S/C23H23N3O3/c1-15-6-5-9-20(16(15)2)25-22(28)12-13-23(29)26-24-14-19-18-8-4-3-7-17(18)10-11-21(19)27/h3-11,14,27H,12-13H2,1-2H3,(H,25,28)(H,26,29)/b24-14+. The number of carbonyl (C=O) groups is 2. The van der Waals surface area contributed by atoms with Crippen LogP contribution >= 0.6 is 0 Å². The summed E-state index contributed by atoms with van der Waals surface area (Å²) in [7, 11) is 0. The summed E-state index contributed by atoms with van der Waals surface area (Å²) in [4.78, 5) is 24.1. The average Bonchev–Trinajstić information content (AvgIpc) is 2.71. The molecule has 3 aromatic rings. The number of hydrogen-bond donors (Lipinski definition) is 3. The van der Waals surface area contributed by atoms with E-state index < -0.39 is 0 Å². The molecule has 0 atom stereocenters. The number of aromatic hydroxyl groups is 1. The Labute approximate surface area is 169 Å². The SMILES string of the molecule is Cc1cccc(NC(=O)CCC(=O)N/N=C/c2c(O)ccc3ccccc23)c1C. The lowest BCUT2D eigenvalue weighted by atomic mass is 10.0. The Hall–Kier alpha value is -3.67. The van der Waals surface area contributed by atoms with Gasteiger partial charge in [0.2, 0.25) is 11.8 Å². The number of aryl methyl sites for hydroxylation is 1. The predicted octanol–water partition coefficient (Wildman–Crippen LogP) is 4.03. The number of phenolic OH excluding ortho intramolecular Hbond substituents is 1. The van der Waals surface area contributed by atoms with Gasteiger partial charge in [0.1, 0.15) is 5.75 Å². The monoisotopic (exact) mass is 389 g/mol. The summed E-state index contributed by atoms with van der Waals surface area (Å²) in [6, 6.07) is 16.7. The Morgan fingerprint density at radius 3 is 2.55 bits per heavy atom. The topological polar surface area (TPSA) is 90.8 Å². The van der Waals surface area contributed by atoms with Crippen molar-refractivity contribution in [2.24, 2.45) is 5.10 Å². The van der Waals surface area contributed by atoms with Crippen molar-refractivity contribution >= 4 is 34.5 Å². The van der Waals surface area contributed by atoms with Crippen LogP contribution in [0.2, 0.25) is 0 Å². The fourth-order valence-corrected chi connectivity index (χ4v) is 2.97. The molecule has 6 nitrogen and oxygen atoms in total. The molecular formula is C23H23N3O3. The minimum Gasteiger partial charge on any atom is -0.507 e. The number of amides is 2. The van der Waals surface area contributed by atoms with Gasteiger partial charge >= 0.3 is 0 Å². The molecule has 0 saturated heterocycles. The second-order valence-corrected chi connectivity index (χ2v) is 6.81. The van der Waals surface area contributed by atoms with E-state index in [1.165, 1.54) is 6.21 Å². The van der Waals surface area contributed by atoms with Gasteiger partial charge in [0.15, 0.2) is 0 Å². The van der Waals surface area contributed by atoms with Crippen LogP contribution in [-0.4, -0.2) is 23.1 Å². The van der Waals surface area contributed by atoms with Crippen molar-refractivity contribution < 1.29 is 14.7 Å². The van der Waals surface area contributed by atoms with Crippen molar-refractivity contribution in [2.75, 3.05) is 5.32 Å². The van der Waals surface area contributed by atoms with E-state index in [9.17, 15) is 14.7 Å². The number of carbonyl (C=O) groups excluding carboxylic acids is 2. The third-order valence-electron chi connectivity index (χ3n) is 4.79. The highest BCUT2D eigenvalue weighted by Crippen LogP contribution is 2.25. The van der Waals surface area contributed by atoms with E-state index in [1.807, 2.05) is 62.4 Å². The maximum Gasteiger partial charge on any atom is 0.240 e. The van der Waals surface area contributed by atoms with E-state index in [4.69, 9.17) is 0 Å². The zero-order chi connectivity index (χ0) is 20.8. The van der Waals surface area contributed by atoms with Gasteiger partial charge in [0.25, 0.3) is 0 Å². The number of fused-ring (bicyclic) bond motifs is 1. The van der Waals surface area contributed by atoms with Crippen molar-refractivity contribution in [1.29, 1.82) is 0 Å². The van der Waals surface area contributed by atoms with Crippen LogP contribution in [0, 0.1) is 13.8 Å². The number of benzene rings is 3. The second kappa shape index (κ2) is 9.01. The Morgan fingerprint density at radius 1 is 0.966 bits per heavy atom. The van der Waals surface area contributed by atoms with Crippen molar-refractivity contribution in [1.82, 2.24) is 5.43 Å². The minimum absolute atomic E-state index is 0.00948. The van der Waals surface area contributed by atoms with E-state index in [-0.39, 0.29) is 30.4 Å². The Kier molecular flexibility index (Phi) is 6.24. The van der Waals surface area contributed by atoms with E-state index in [1.54, 1.807) is 6.07 Å². The highest BCUT2D eigenvalue weighted by Gasteiger charge is 2.09. The first-order valence-electron chi connectivity index (χ1n) is 9.34. The highest BCUT2D eigenvalue weighted by molar-refractivity contribution is 6.02. The van der Waals surface area contributed by atoms with Crippen LogP contribution in [-0.2, 0) is 9.59 Å². The van der Waals surface area contributed by atoms with Gasteiger partial charge in [-0.1, -0.05) is 42.5 Å². The molecule has 0 aromatic heterocycles. The van der Waals surface area contributed by atoms with Gasteiger partial charge in [-0.05, 0) is 47.9 Å². The Morgan fingerprint density at radius 2 is 1.72 bits per heavy atom. The van der Waals surface area contributed by atoms with Crippen LogP contribution in [0.15, 0.2) is 59.7 Å². The van der Waals surface area contributed by atoms with Crippen LogP contribution in [0.1, 0.15) is 29.5 Å². The lowest BCUT2D eigenvalue weighted by Crippen LogP contribution is -2.21. The Bertz CT molecular complexity index is 1090. The molecule has 148 valence electrons. The normalized spacial score (nSPS) is 11.0. The predicted molar refractivity (Wildman–Crippen MR) is 115 cm³/mol. The van der Waals surface area contributed by atoms with Gasteiger partial charge in [-0.3, -0.25) is 9.59 Å². The molecule has 0 heterocycles. The summed E-state index contributed by atoms with van der Waals surface area (Å²) in [6.45, 7) is 3.92. The zero-order valence-electron chi connectivity index (χ0n) is 16.4. The molecule has 6 heteroatoms. The number of hydrogen-bond acceptors (Lipinski definition) is 4. The second-order valence-electron chi connectivity index (χ2n) is 6.81. The lowest BCUT2D eigenvalue weighted by Gasteiger charge is -2.10. The maximum absolute atomic E-state index is 12.1. The third kappa shape index (κ3) is 4.99. The zero-order valence-corrected chi connectivity index (χ0v) is 16.4. The van der Waals surface area contributed by atoms with E-state index in [0.717, 1.165) is 27.6 Å². The Balaban J connectivity index is 1.55. The summed E-state index contributed by atoms with van der Waals surface area (Å²) in [5.74, 6) is -0.531. The van der Waals surface area contributed by atoms with Crippen LogP contribution in [0.5, 0.6) is 5.75 Å². The van der Waals surface area contributed by atoms with E-state index >= 15 is 0 Å². The molecule has 0 fully saturated rings. The van der Waals surface area contributed by atoms with Gasteiger partial charge in [-0.15, -0.1) is 0 Å². The molecule has 0 bridgehead atoms. The molecule has 3 rings (SSSR count). The van der Waals surface area contributed by atoms with E-state index in [0.29, 0.717) is 5.56 Å². The number of hydrazone groups is 1. The van der Waals surface area contributed by atoms with Gasteiger partial charge in [-0.2, -0.15) is 5.10 Å². The molecule has 0 saturated carbocycles. The number of anilines is 1. The fraction of sp³-hybridized carbons (Fsp3) is 0.174. The maximum atomic E-state index is 12.1. The first kappa shape index (κ1) is 20.1. The van der Waals surface area contributed by atoms with Crippen LogP contribution < -0.4 is 10.7 Å². The molecule has 3 aromatic carbocycles. The summed E-state index contributed by atoms with van der Waals surface area (Å²) in [6.07, 6.45) is 1.47. The highest BCUT2D eigenvalue weighted by atomic mass is 16.3. The van der Waals surface area contributed by atoms with Gasteiger partial charge in [0, 0.05) is 24.1 Å². The number of rotatable bonds is 6. The molecule has 29 heavy (non-hydrogen) atoms. The molecule has 0 aliphatic rings. The molecule has 3 N–H and O–H groups in total. The molecule has 0 aliphatic carbocycles. The quantitative estimate of drug-likeness (QED) is 0.439. The molecule has 0 radical (unpaired) electrons. The lowest BCUT2D eigenvalue weighted by molar-refractivity contribution is -0.124. The number of nitrogens with one attached hydrogen (secondary N) is 2. The fourth-order valence-electron chi connectivity index (χ4n) is 2.97. The summed E-state index contributed by atoms with van der Waals surface area (Å²) < 4.78 is 0. The van der Waals surface area contributed by atoms with Crippen LogP contribution in [0.4, 0.5) is 5.69 Å². The third-order valence-corrected chi connectivity index (χ3v) is 4.79. The smallest absolute Gasteiger partial charge is 0.240 e. The van der Waals surface area contributed by atoms with Crippen molar-refractivity contribution in [3.05, 3.63) is 71.3 Å². The molecule has 0 spiro atoms. The molecule has 0 unspecified atom stereocenters. The van der Waals surface area contributed by atoms with Crippen molar-refractivity contribution in [3.8, 4) is 5.75 Å². The van der Waals surface area contributed by atoms with E-state index in [2.05, 4.69) is 15.8 Å². The van der Waals surface area contributed by atoms with Gasteiger partial charge in [-0.25, -0.2) is 5.43 Å². The number of phenols is 1. The minimum atomic E-state index is -0.378. The molecule has 0 aliphatic heterocycles. The summed E-state index contributed by atoms with van der Waals surface area (Å²) in [5, 5.41) is 18.6. The summed E-state index contributed by atoms with van der Waals surface area (Å²) in [5.41, 5.74) is 5.77. The first-order valence-corrected chi connectivity index (χ1v) is 9.34. The van der Waals surface area contributed by atoms with Crippen molar-refractivity contribution in [3.63, 3.8) is 0 Å². The first-order chi connectivity index (χ1) is 14.0. The van der Waals surface area contributed by atoms with Crippen LogP contribution in [0.3, 0.4) is 0 Å². The van der Waals surface area contributed by atoms with Crippen molar-refractivity contribution in [2.45, 2.75) is 26.7 Å². The summed E-state index contributed by atoms with van der Waals surface area (Å²) >= 11 is 0. The van der Waals surface area contributed by atoms with Gasteiger partial charge in [0.05, 0.1) is 6.21 Å². The van der Waals surface area contributed by atoms with Crippen LogP contribution in [0.25, 0.3) is 10.8 Å². The van der Waals surface area contributed by atoms with Gasteiger partial charge < -0.3 is 10.4 Å². The molecule has 2 amide bonds. The number of nitrogens with zero attached hydrogens (tertiary/aromatic N) is 1.